The third-order valence-electron chi connectivity index (χ3n) is 5.09. The van der Waals surface area contributed by atoms with E-state index in [1.807, 2.05) is 0 Å². The van der Waals surface area contributed by atoms with Crippen LogP contribution >= 0.6 is 11.6 Å². The van der Waals surface area contributed by atoms with Crippen LogP contribution in [0.2, 0.25) is 5.02 Å². The third-order valence-corrected chi connectivity index (χ3v) is 7.24. The van der Waals surface area contributed by atoms with Gasteiger partial charge in [0.1, 0.15) is 17.5 Å². The van der Waals surface area contributed by atoms with Crippen LogP contribution in [-0.2, 0) is 26.2 Å². The minimum atomic E-state index is -4.16. The van der Waals surface area contributed by atoms with Crippen LogP contribution in [0.25, 0.3) is 0 Å². The van der Waals surface area contributed by atoms with E-state index in [1.165, 1.54) is 23.1 Å². The van der Waals surface area contributed by atoms with Crippen LogP contribution in [0.5, 0.6) is 0 Å². The Morgan fingerprint density at radius 3 is 2.31 bits per heavy atom. The molecular weight excluding hydrogens is 454 g/mol. The van der Waals surface area contributed by atoms with Gasteiger partial charge in [0, 0.05) is 17.6 Å². The highest BCUT2D eigenvalue weighted by Crippen LogP contribution is 2.30. The lowest BCUT2D eigenvalue weighted by atomic mass is 10.1. The zero-order chi connectivity index (χ0) is 23.6. The first-order valence-corrected chi connectivity index (χ1v) is 11.8. The fourth-order valence-electron chi connectivity index (χ4n) is 3.40. The number of fused-ring (bicyclic) bond motifs is 1. The number of carbonyl (C=O) groups is 3. The average molecular weight is 478 g/mol. The Morgan fingerprint density at radius 1 is 1.06 bits per heavy atom. The molecule has 0 spiro atoms. The van der Waals surface area contributed by atoms with Crippen LogP contribution in [-0.4, -0.2) is 54.0 Å². The number of benzene rings is 2. The lowest BCUT2D eigenvalue weighted by Gasteiger charge is -2.30. The molecule has 1 aliphatic heterocycles. The molecule has 3 amide bonds. The molecule has 32 heavy (non-hydrogen) atoms. The number of hydrogen-bond donors (Lipinski definition) is 1. The van der Waals surface area contributed by atoms with Crippen molar-refractivity contribution in [3.63, 3.8) is 0 Å². The second-order valence-electron chi connectivity index (χ2n) is 7.77. The van der Waals surface area contributed by atoms with E-state index in [1.54, 1.807) is 51.1 Å². The van der Waals surface area contributed by atoms with Crippen molar-refractivity contribution in [2.45, 2.75) is 44.3 Å². The molecule has 0 fully saturated rings. The summed E-state index contributed by atoms with van der Waals surface area (Å²) in [7, 11) is -4.16. The average Bonchev–Trinajstić information content (AvgIpc) is 2.93. The molecule has 10 heteroatoms. The second-order valence-corrected chi connectivity index (χ2v) is 10.0. The van der Waals surface area contributed by atoms with Gasteiger partial charge in [0.25, 0.3) is 15.9 Å². The van der Waals surface area contributed by atoms with Crippen molar-refractivity contribution >= 4 is 39.3 Å². The topological polar surface area (TPSA) is 104 Å². The Labute approximate surface area is 192 Å². The number of hydrogen-bond acceptors (Lipinski definition) is 5. The fraction of sp³-hybridized carbons (Fsp3) is 0.318. The van der Waals surface area contributed by atoms with E-state index < -0.39 is 40.3 Å². The van der Waals surface area contributed by atoms with Gasteiger partial charge < -0.3 is 10.2 Å². The molecule has 1 aliphatic rings. The maximum absolute atomic E-state index is 13.3. The number of sulfonamides is 1. The summed E-state index contributed by atoms with van der Waals surface area (Å²) >= 11 is 6.24. The molecule has 0 saturated carbocycles. The van der Waals surface area contributed by atoms with Crippen molar-refractivity contribution in [3.8, 4) is 0 Å². The van der Waals surface area contributed by atoms with Gasteiger partial charge >= 0.3 is 0 Å². The van der Waals surface area contributed by atoms with Gasteiger partial charge in [-0.25, -0.2) is 12.7 Å². The first-order chi connectivity index (χ1) is 15.0. The summed E-state index contributed by atoms with van der Waals surface area (Å²) in [6.07, 6.45) is 0. The summed E-state index contributed by atoms with van der Waals surface area (Å²) in [6.45, 7) is 4.37. The molecule has 8 nitrogen and oxygen atoms in total. The summed E-state index contributed by atoms with van der Waals surface area (Å²) in [4.78, 5) is 39.7. The quantitative estimate of drug-likeness (QED) is 0.659. The molecule has 0 saturated heterocycles. The van der Waals surface area contributed by atoms with E-state index in [-0.39, 0.29) is 23.0 Å². The zero-order valence-electron chi connectivity index (χ0n) is 17.9. The molecule has 1 unspecified atom stereocenters. The van der Waals surface area contributed by atoms with E-state index in [0.29, 0.717) is 14.9 Å². The van der Waals surface area contributed by atoms with Gasteiger partial charge in [0.2, 0.25) is 11.8 Å². The lowest BCUT2D eigenvalue weighted by molar-refractivity contribution is -0.140. The van der Waals surface area contributed by atoms with Crippen LogP contribution in [0.15, 0.2) is 53.4 Å². The van der Waals surface area contributed by atoms with Crippen LogP contribution in [0, 0.1) is 0 Å². The van der Waals surface area contributed by atoms with Gasteiger partial charge in [0.05, 0.1) is 5.56 Å². The zero-order valence-corrected chi connectivity index (χ0v) is 19.5. The van der Waals surface area contributed by atoms with Crippen molar-refractivity contribution in [3.05, 3.63) is 64.7 Å². The Balaban J connectivity index is 1.91. The standard InChI is InChI=1S/C22H24ClN3O5S/c1-14(2)24-21(28)15(3)25(12-16-8-4-6-10-18(16)23)20(27)13-26-22(29)17-9-5-7-11-19(17)32(26,30)31/h4-11,14-15H,12-13H2,1-3H3,(H,24,28). The SMILES string of the molecule is CC(C)NC(=O)C(C)N(Cc1ccccc1Cl)C(=O)CN1C(=O)c2ccccc2S1(=O)=O. The lowest BCUT2D eigenvalue weighted by Crippen LogP contribution is -2.52. The minimum Gasteiger partial charge on any atom is -0.352 e. The molecule has 2 aromatic carbocycles. The largest absolute Gasteiger partial charge is 0.352 e. The molecule has 170 valence electrons. The molecule has 0 aromatic heterocycles. The molecule has 1 atom stereocenters. The molecule has 3 rings (SSSR count). The van der Waals surface area contributed by atoms with Crippen molar-refractivity contribution in [2.75, 3.05) is 6.54 Å². The molecule has 2 aromatic rings. The van der Waals surface area contributed by atoms with Crippen molar-refractivity contribution in [1.82, 2.24) is 14.5 Å². The van der Waals surface area contributed by atoms with Crippen molar-refractivity contribution in [1.29, 1.82) is 0 Å². The summed E-state index contributed by atoms with van der Waals surface area (Å²) in [5.41, 5.74) is 0.606. The Morgan fingerprint density at radius 2 is 1.69 bits per heavy atom. The van der Waals surface area contributed by atoms with Gasteiger partial charge in [-0.15, -0.1) is 0 Å². The number of halogens is 1. The van der Waals surface area contributed by atoms with E-state index in [9.17, 15) is 22.8 Å². The normalized spacial score (nSPS) is 15.4. The number of amides is 3. The molecule has 0 bridgehead atoms. The number of carbonyl (C=O) groups excluding carboxylic acids is 3. The van der Waals surface area contributed by atoms with Crippen molar-refractivity contribution in [2.24, 2.45) is 0 Å². The van der Waals surface area contributed by atoms with Gasteiger partial charge in [-0.05, 0) is 44.5 Å². The number of nitrogens with one attached hydrogen (secondary N) is 1. The van der Waals surface area contributed by atoms with Crippen LogP contribution in [0.4, 0.5) is 0 Å². The van der Waals surface area contributed by atoms with Gasteiger partial charge in [0.15, 0.2) is 0 Å². The maximum atomic E-state index is 13.3. The van der Waals surface area contributed by atoms with E-state index in [0.717, 1.165) is 0 Å². The molecule has 1 N–H and O–H groups in total. The Hall–Kier alpha value is -2.91. The fourth-order valence-corrected chi connectivity index (χ4v) is 5.11. The van der Waals surface area contributed by atoms with Gasteiger partial charge in [-0.3, -0.25) is 14.4 Å². The van der Waals surface area contributed by atoms with E-state index in [2.05, 4.69) is 5.32 Å². The smallest absolute Gasteiger partial charge is 0.269 e. The summed E-state index contributed by atoms with van der Waals surface area (Å²) in [5.74, 6) is -1.87. The highest BCUT2D eigenvalue weighted by atomic mass is 35.5. The monoisotopic (exact) mass is 477 g/mol. The van der Waals surface area contributed by atoms with Gasteiger partial charge in [-0.2, -0.15) is 0 Å². The highest BCUT2D eigenvalue weighted by Gasteiger charge is 2.43. The van der Waals surface area contributed by atoms with E-state index >= 15 is 0 Å². The second kappa shape index (κ2) is 9.30. The summed E-state index contributed by atoms with van der Waals surface area (Å²) in [5, 5.41) is 3.15. The number of nitrogens with zero attached hydrogens (tertiary/aromatic N) is 2. The number of rotatable bonds is 7. The molecule has 0 radical (unpaired) electrons. The van der Waals surface area contributed by atoms with Gasteiger partial charge in [-0.1, -0.05) is 41.9 Å². The third kappa shape index (κ3) is 4.63. The maximum Gasteiger partial charge on any atom is 0.269 e. The van der Waals surface area contributed by atoms with Crippen LogP contribution in [0.3, 0.4) is 0 Å². The highest BCUT2D eigenvalue weighted by molar-refractivity contribution is 7.90. The van der Waals surface area contributed by atoms with Crippen molar-refractivity contribution < 1.29 is 22.8 Å². The predicted octanol–water partition coefficient (Wildman–Crippen LogP) is 2.43. The predicted molar refractivity (Wildman–Crippen MR) is 119 cm³/mol. The molecular formula is C22H24ClN3O5S. The summed E-state index contributed by atoms with van der Waals surface area (Å²) in [6, 6.07) is 11.6. The first-order valence-electron chi connectivity index (χ1n) is 10.0. The van der Waals surface area contributed by atoms with E-state index in [4.69, 9.17) is 11.6 Å². The molecule has 0 aliphatic carbocycles. The molecule has 1 heterocycles. The summed E-state index contributed by atoms with van der Waals surface area (Å²) < 4.78 is 26.2. The Bertz CT molecular complexity index is 1170. The van der Waals surface area contributed by atoms with Crippen LogP contribution < -0.4 is 5.32 Å². The van der Waals surface area contributed by atoms with Crippen LogP contribution in [0.1, 0.15) is 36.7 Å². The minimum absolute atomic E-state index is 0.0172. The Kier molecular flexibility index (Phi) is 6.90. The first kappa shape index (κ1) is 23.7.